The van der Waals surface area contributed by atoms with Crippen molar-refractivity contribution in [2.24, 2.45) is 10.6 Å². The first-order valence-corrected chi connectivity index (χ1v) is 8.92. The molecule has 0 bridgehead atoms. The molecule has 1 heterocycles. The van der Waals surface area contributed by atoms with Gasteiger partial charge in [-0.1, -0.05) is 56.6 Å². The molecule has 0 saturated carbocycles. The second-order valence-corrected chi connectivity index (χ2v) is 7.99. The van der Waals surface area contributed by atoms with E-state index in [1.165, 1.54) is 0 Å². The zero-order valence-corrected chi connectivity index (χ0v) is 15.8. The van der Waals surface area contributed by atoms with Crippen LogP contribution < -0.4 is 0 Å². The molecule has 132 valence electrons. The lowest BCUT2D eigenvalue weighted by atomic mass is 9.91. The Morgan fingerprint density at radius 3 is 2.58 bits per heavy atom. The Kier molecular flexibility index (Phi) is 6.27. The minimum atomic E-state index is -0.0776. The summed E-state index contributed by atoms with van der Waals surface area (Å²) in [4.78, 5) is 20.0. The molecule has 0 aromatic heterocycles. The topological polar surface area (TPSA) is 41.9 Å². The molecule has 1 aromatic rings. The van der Waals surface area contributed by atoms with Gasteiger partial charge in [-0.25, -0.2) is 0 Å². The Bertz CT molecular complexity index is 590. The van der Waals surface area contributed by atoms with Gasteiger partial charge in [0.25, 0.3) is 0 Å². The Balaban J connectivity index is 1.95. The molecule has 2 rings (SSSR count). The van der Waals surface area contributed by atoms with Gasteiger partial charge in [0.15, 0.2) is 6.10 Å². The Labute approximate surface area is 149 Å². The van der Waals surface area contributed by atoms with Crippen LogP contribution in [0.5, 0.6) is 0 Å². The Morgan fingerprint density at radius 1 is 1.33 bits per heavy atom. The molecule has 1 aliphatic heterocycles. The van der Waals surface area contributed by atoms with Gasteiger partial charge in [0, 0.05) is 24.4 Å². The lowest BCUT2D eigenvalue weighted by Gasteiger charge is -2.27. The van der Waals surface area contributed by atoms with Crippen LogP contribution in [0.15, 0.2) is 29.4 Å². The largest absolute Gasteiger partial charge is 0.390 e. The van der Waals surface area contributed by atoms with Gasteiger partial charge in [-0.2, -0.15) is 0 Å². The van der Waals surface area contributed by atoms with E-state index in [0.717, 1.165) is 24.2 Å². The van der Waals surface area contributed by atoms with E-state index >= 15 is 0 Å². The SMILES string of the molecule is CCCN(C[C@@H]1CC(c2ccc(Cl)cc2)=NO1)C(=O)CC(C)(C)C. The molecule has 0 N–H and O–H groups in total. The van der Waals surface area contributed by atoms with Crippen LogP contribution in [0, 0.1) is 5.41 Å². The van der Waals surface area contributed by atoms with Crippen LogP contribution in [0.2, 0.25) is 5.02 Å². The molecule has 0 saturated heterocycles. The van der Waals surface area contributed by atoms with Crippen LogP contribution >= 0.6 is 11.6 Å². The Hall–Kier alpha value is -1.55. The summed E-state index contributed by atoms with van der Waals surface area (Å²) >= 11 is 5.92. The number of hydrogen-bond acceptors (Lipinski definition) is 3. The van der Waals surface area contributed by atoms with Crippen LogP contribution in [0.25, 0.3) is 0 Å². The summed E-state index contributed by atoms with van der Waals surface area (Å²) < 4.78 is 0. The van der Waals surface area contributed by atoms with E-state index in [1.54, 1.807) is 0 Å². The van der Waals surface area contributed by atoms with Gasteiger partial charge in [0.1, 0.15) is 0 Å². The van der Waals surface area contributed by atoms with Crippen LogP contribution in [0.1, 0.15) is 52.5 Å². The van der Waals surface area contributed by atoms with Gasteiger partial charge in [-0.15, -0.1) is 0 Å². The van der Waals surface area contributed by atoms with E-state index in [4.69, 9.17) is 16.4 Å². The number of oxime groups is 1. The molecule has 0 fully saturated rings. The molecule has 1 amide bonds. The molecule has 0 spiro atoms. The fraction of sp³-hybridized carbons (Fsp3) is 0.579. The fourth-order valence-electron chi connectivity index (χ4n) is 2.74. The molecule has 1 aromatic carbocycles. The first-order valence-electron chi connectivity index (χ1n) is 8.55. The highest BCUT2D eigenvalue weighted by Crippen LogP contribution is 2.22. The number of amides is 1. The van der Waals surface area contributed by atoms with Crippen molar-refractivity contribution in [3.05, 3.63) is 34.9 Å². The maximum atomic E-state index is 12.5. The molecule has 1 aliphatic rings. The van der Waals surface area contributed by atoms with Gasteiger partial charge in [-0.3, -0.25) is 4.79 Å². The van der Waals surface area contributed by atoms with Crippen molar-refractivity contribution in [2.45, 2.75) is 53.1 Å². The predicted molar refractivity (Wildman–Crippen MR) is 98.4 cm³/mol. The molecule has 5 heteroatoms. The minimum absolute atomic E-state index is 0.00935. The van der Waals surface area contributed by atoms with Crippen LogP contribution in [-0.4, -0.2) is 35.7 Å². The van der Waals surface area contributed by atoms with Gasteiger partial charge >= 0.3 is 0 Å². The molecule has 0 radical (unpaired) electrons. The zero-order chi connectivity index (χ0) is 17.7. The molecule has 24 heavy (non-hydrogen) atoms. The number of carbonyl (C=O) groups excluding carboxylic acids is 1. The zero-order valence-electron chi connectivity index (χ0n) is 15.0. The molecular formula is C19H27ClN2O2. The molecule has 4 nitrogen and oxygen atoms in total. The fourth-order valence-corrected chi connectivity index (χ4v) is 2.86. The summed E-state index contributed by atoms with van der Waals surface area (Å²) in [7, 11) is 0. The highest BCUT2D eigenvalue weighted by molar-refractivity contribution is 6.30. The van der Waals surface area contributed by atoms with Gasteiger partial charge in [-0.05, 0) is 29.5 Å². The smallest absolute Gasteiger partial charge is 0.223 e. The maximum absolute atomic E-state index is 12.5. The summed E-state index contributed by atoms with van der Waals surface area (Å²) in [6.45, 7) is 9.69. The quantitative estimate of drug-likeness (QED) is 0.757. The average molecular weight is 351 g/mol. The first-order chi connectivity index (χ1) is 11.3. The van der Waals surface area contributed by atoms with Crippen molar-refractivity contribution in [1.82, 2.24) is 4.90 Å². The third kappa shape index (κ3) is 5.52. The van der Waals surface area contributed by atoms with Crippen molar-refractivity contribution >= 4 is 23.2 Å². The monoisotopic (exact) mass is 350 g/mol. The third-order valence-corrected chi connectivity index (χ3v) is 4.11. The van der Waals surface area contributed by atoms with Crippen molar-refractivity contribution < 1.29 is 9.63 Å². The van der Waals surface area contributed by atoms with E-state index < -0.39 is 0 Å². The van der Waals surface area contributed by atoms with Gasteiger partial charge in [0.2, 0.25) is 5.91 Å². The first kappa shape index (κ1) is 18.8. The summed E-state index contributed by atoms with van der Waals surface area (Å²) in [5.41, 5.74) is 1.92. The molecular weight excluding hydrogens is 324 g/mol. The van der Waals surface area contributed by atoms with Crippen LogP contribution in [0.4, 0.5) is 0 Å². The Morgan fingerprint density at radius 2 is 2.00 bits per heavy atom. The molecule has 0 unspecified atom stereocenters. The van der Waals surface area contributed by atoms with Gasteiger partial charge < -0.3 is 9.74 Å². The van der Waals surface area contributed by atoms with Gasteiger partial charge in [0.05, 0.1) is 12.3 Å². The normalized spacial score (nSPS) is 17.4. The molecule has 0 aliphatic carbocycles. The number of hydrogen-bond donors (Lipinski definition) is 0. The highest BCUT2D eigenvalue weighted by Gasteiger charge is 2.28. The second kappa shape index (κ2) is 8.02. The van der Waals surface area contributed by atoms with E-state index in [9.17, 15) is 4.79 Å². The minimum Gasteiger partial charge on any atom is -0.390 e. The van der Waals surface area contributed by atoms with E-state index in [1.807, 2.05) is 29.2 Å². The highest BCUT2D eigenvalue weighted by atomic mass is 35.5. The number of halogens is 1. The van der Waals surface area contributed by atoms with E-state index in [0.29, 0.717) is 24.4 Å². The van der Waals surface area contributed by atoms with Crippen LogP contribution in [-0.2, 0) is 9.63 Å². The van der Waals surface area contributed by atoms with E-state index in [-0.39, 0.29) is 17.4 Å². The third-order valence-electron chi connectivity index (χ3n) is 3.86. The van der Waals surface area contributed by atoms with Crippen molar-refractivity contribution in [1.29, 1.82) is 0 Å². The number of benzene rings is 1. The number of nitrogens with zero attached hydrogens (tertiary/aromatic N) is 2. The summed E-state index contributed by atoms with van der Waals surface area (Å²) in [6, 6.07) is 7.59. The number of carbonyl (C=O) groups is 1. The lowest BCUT2D eigenvalue weighted by molar-refractivity contribution is -0.134. The summed E-state index contributed by atoms with van der Waals surface area (Å²) in [5.74, 6) is 0.188. The van der Waals surface area contributed by atoms with Crippen LogP contribution in [0.3, 0.4) is 0 Å². The molecule has 1 atom stereocenters. The van der Waals surface area contributed by atoms with E-state index in [2.05, 4.69) is 32.9 Å². The maximum Gasteiger partial charge on any atom is 0.223 e. The standard InChI is InChI=1S/C19H27ClN2O2/c1-5-10-22(18(23)12-19(2,3)4)13-16-11-17(21-24-16)14-6-8-15(20)9-7-14/h6-9,16H,5,10-13H2,1-4H3/t16-/m0/s1. The van der Waals surface area contributed by atoms with Crippen molar-refractivity contribution in [3.63, 3.8) is 0 Å². The van der Waals surface area contributed by atoms with Crippen molar-refractivity contribution in [2.75, 3.05) is 13.1 Å². The number of rotatable bonds is 6. The summed E-state index contributed by atoms with van der Waals surface area (Å²) in [5, 5.41) is 4.91. The second-order valence-electron chi connectivity index (χ2n) is 7.55. The average Bonchev–Trinajstić information content (AvgIpc) is 2.94. The summed E-state index contributed by atoms with van der Waals surface area (Å²) in [6.07, 6.45) is 2.12. The predicted octanol–water partition coefficient (Wildman–Crippen LogP) is 4.51. The lowest BCUT2D eigenvalue weighted by Crippen LogP contribution is -2.39. The van der Waals surface area contributed by atoms with Crippen molar-refractivity contribution in [3.8, 4) is 0 Å².